The molecule has 3 rings (SSSR count). The lowest BCUT2D eigenvalue weighted by Gasteiger charge is -2.16. The van der Waals surface area contributed by atoms with E-state index in [2.05, 4.69) is 32.6 Å². The minimum Gasteiger partial charge on any atom is -0.493 e. The molecule has 2 heterocycles. The van der Waals surface area contributed by atoms with Crippen molar-refractivity contribution >= 4 is 34.1 Å². The van der Waals surface area contributed by atoms with Crippen molar-refractivity contribution in [3.63, 3.8) is 0 Å². The van der Waals surface area contributed by atoms with Crippen molar-refractivity contribution in [1.29, 1.82) is 0 Å². The number of benzene rings is 1. The van der Waals surface area contributed by atoms with Crippen molar-refractivity contribution < 1.29 is 14.3 Å². The predicted octanol–water partition coefficient (Wildman–Crippen LogP) is 3.50. The molecule has 1 unspecified atom stereocenters. The van der Waals surface area contributed by atoms with Gasteiger partial charge in [-0.3, -0.25) is 10.1 Å². The molecule has 0 aliphatic heterocycles. The van der Waals surface area contributed by atoms with Crippen molar-refractivity contribution in [2.24, 2.45) is 7.05 Å². The van der Waals surface area contributed by atoms with Gasteiger partial charge in [0.1, 0.15) is 5.01 Å². The Bertz CT molecular complexity index is 990. The van der Waals surface area contributed by atoms with E-state index >= 15 is 0 Å². The van der Waals surface area contributed by atoms with Crippen LogP contribution in [0.5, 0.6) is 11.5 Å². The molecule has 11 heteroatoms. The third-order valence-electron chi connectivity index (χ3n) is 4.11. The number of aryl methyl sites for hydroxylation is 1. The molecule has 0 saturated heterocycles. The van der Waals surface area contributed by atoms with E-state index in [9.17, 15) is 4.79 Å². The van der Waals surface area contributed by atoms with Gasteiger partial charge in [0, 0.05) is 13.5 Å². The van der Waals surface area contributed by atoms with Gasteiger partial charge in [-0.25, -0.2) is 0 Å². The normalized spacial score (nSPS) is 11.9. The molecule has 1 amide bonds. The number of rotatable bonds is 10. The second-order valence-corrected chi connectivity index (χ2v) is 8.40. The van der Waals surface area contributed by atoms with E-state index in [0.717, 1.165) is 17.8 Å². The first-order valence-corrected chi connectivity index (χ1v) is 11.3. The summed E-state index contributed by atoms with van der Waals surface area (Å²) in [5, 5.41) is 21.3. The van der Waals surface area contributed by atoms with E-state index in [4.69, 9.17) is 9.47 Å². The summed E-state index contributed by atoms with van der Waals surface area (Å²) >= 11 is 2.70. The van der Waals surface area contributed by atoms with Gasteiger partial charge in [-0.1, -0.05) is 42.2 Å². The van der Waals surface area contributed by atoms with Gasteiger partial charge in [-0.2, -0.15) is 0 Å². The summed E-state index contributed by atoms with van der Waals surface area (Å²) in [7, 11) is 3.45. The van der Waals surface area contributed by atoms with Crippen molar-refractivity contribution in [2.45, 2.75) is 37.9 Å². The zero-order valence-corrected chi connectivity index (χ0v) is 18.9. The number of ether oxygens (including phenoxy) is 2. The van der Waals surface area contributed by atoms with E-state index in [1.165, 1.54) is 23.1 Å². The van der Waals surface area contributed by atoms with Gasteiger partial charge in [0.05, 0.1) is 12.9 Å². The summed E-state index contributed by atoms with van der Waals surface area (Å²) < 4.78 is 13.1. The minimum absolute atomic E-state index is 0.165. The van der Waals surface area contributed by atoms with Gasteiger partial charge < -0.3 is 14.0 Å². The number of thioether (sulfide) groups is 1. The number of para-hydroxylation sites is 2. The molecule has 0 bridgehead atoms. The lowest BCUT2D eigenvalue weighted by atomic mass is 10.3. The van der Waals surface area contributed by atoms with Crippen LogP contribution in [-0.2, 0) is 18.3 Å². The third kappa shape index (κ3) is 5.48. The largest absolute Gasteiger partial charge is 0.493 e. The Kier molecular flexibility index (Phi) is 7.63. The number of carbonyl (C=O) groups excluding carboxylic acids is 1. The second kappa shape index (κ2) is 10.4. The van der Waals surface area contributed by atoms with Crippen LogP contribution in [0.25, 0.3) is 0 Å². The second-order valence-electron chi connectivity index (χ2n) is 6.40. The number of hydrogen-bond donors (Lipinski definition) is 1. The van der Waals surface area contributed by atoms with Crippen LogP contribution in [0.3, 0.4) is 0 Å². The number of methoxy groups -OCH3 is 1. The standard InChI is InChI=1S/C19H24N6O3S2/c1-5-8-16-21-23-18(30-16)20-15(26)11-29-19-24-22-17(25(19)3)12(2)28-14-10-7-6-9-13(14)27-4/h6-7,9-10,12H,5,8,11H2,1-4H3,(H,20,23,26). The highest BCUT2D eigenvalue weighted by Gasteiger charge is 2.19. The fourth-order valence-corrected chi connectivity index (χ4v) is 4.25. The van der Waals surface area contributed by atoms with Gasteiger partial charge in [0.25, 0.3) is 0 Å². The predicted molar refractivity (Wildman–Crippen MR) is 116 cm³/mol. The molecule has 1 atom stereocenters. The van der Waals surface area contributed by atoms with Gasteiger partial charge in [0.15, 0.2) is 28.6 Å². The topological polar surface area (TPSA) is 104 Å². The molecule has 0 spiro atoms. The summed E-state index contributed by atoms with van der Waals surface area (Å²) in [5.74, 6) is 1.95. The molecule has 0 aliphatic rings. The maximum atomic E-state index is 12.2. The highest BCUT2D eigenvalue weighted by molar-refractivity contribution is 7.99. The third-order valence-corrected chi connectivity index (χ3v) is 6.03. The molecule has 2 aromatic heterocycles. The molecule has 0 aliphatic carbocycles. The van der Waals surface area contributed by atoms with Crippen molar-refractivity contribution in [3.8, 4) is 11.5 Å². The zero-order valence-electron chi connectivity index (χ0n) is 17.3. The molecular formula is C19H24N6O3S2. The number of anilines is 1. The average Bonchev–Trinajstić information content (AvgIpc) is 3.33. The van der Waals surface area contributed by atoms with Crippen molar-refractivity contribution in [3.05, 3.63) is 35.1 Å². The van der Waals surface area contributed by atoms with Gasteiger partial charge in [0.2, 0.25) is 11.0 Å². The SMILES string of the molecule is CCCc1nnc(NC(=O)CSc2nnc(C(C)Oc3ccccc3OC)n2C)s1. The Morgan fingerprint density at radius 3 is 2.73 bits per heavy atom. The highest BCUT2D eigenvalue weighted by atomic mass is 32.2. The first kappa shape index (κ1) is 22.0. The van der Waals surface area contributed by atoms with E-state index in [1.54, 1.807) is 7.11 Å². The zero-order chi connectivity index (χ0) is 21.5. The van der Waals surface area contributed by atoms with Crippen molar-refractivity contribution in [1.82, 2.24) is 25.0 Å². The minimum atomic E-state index is -0.347. The van der Waals surface area contributed by atoms with Crippen LogP contribution in [0.15, 0.2) is 29.4 Å². The molecule has 9 nitrogen and oxygen atoms in total. The molecule has 1 N–H and O–H groups in total. The van der Waals surface area contributed by atoms with Gasteiger partial charge in [-0.05, 0) is 25.5 Å². The molecule has 0 radical (unpaired) electrons. The number of carbonyl (C=O) groups is 1. The van der Waals surface area contributed by atoms with Crippen LogP contribution in [0.2, 0.25) is 0 Å². The van der Waals surface area contributed by atoms with Crippen LogP contribution in [0, 0.1) is 0 Å². The number of nitrogens with one attached hydrogen (secondary N) is 1. The van der Waals surface area contributed by atoms with Crippen LogP contribution in [0.1, 0.15) is 37.2 Å². The molecule has 30 heavy (non-hydrogen) atoms. The summed E-state index contributed by atoms with van der Waals surface area (Å²) in [6, 6.07) is 7.43. The maximum absolute atomic E-state index is 12.2. The Morgan fingerprint density at radius 1 is 1.23 bits per heavy atom. The fraction of sp³-hybridized carbons (Fsp3) is 0.421. The number of nitrogens with zero attached hydrogens (tertiary/aromatic N) is 5. The summed E-state index contributed by atoms with van der Waals surface area (Å²) in [5.41, 5.74) is 0. The van der Waals surface area contributed by atoms with Crippen LogP contribution >= 0.6 is 23.1 Å². The summed E-state index contributed by atoms with van der Waals surface area (Å²) in [6.07, 6.45) is 1.51. The van der Waals surface area contributed by atoms with Crippen molar-refractivity contribution in [2.75, 3.05) is 18.2 Å². The Labute approximate surface area is 183 Å². The molecule has 160 valence electrons. The van der Waals surface area contributed by atoms with E-state index in [1.807, 2.05) is 42.8 Å². The molecular weight excluding hydrogens is 424 g/mol. The fourth-order valence-electron chi connectivity index (χ4n) is 2.67. The Morgan fingerprint density at radius 2 is 2.00 bits per heavy atom. The smallest absolute Gasteiger partial charge is 0.236 e. The van der Waals surface area contributed by atoms with Gasteiger partial charge >= 0.3 is 0 Å². The molecule has 3 aromatic rings. The molecule has 0 fully saturated rings. The highest BCUT2D eigenvalue weighted by Crippen LogP contribution is 2.30. The quantitative estimate of drug-likeness (QED) is 0.470. The van der Waals surface area contributed by atoms with Gasteiger partial charge in [-0.15, -0.1) is 20.4 Å². The maximum Gasteiger partial charge on any atom is 0.236 e. The lowest BCUT2D eigenvalue weighted by molar-refractivity contribution is -0.113. The number of hydrogen-bond acceptors (Lipinski definition) is 9. The van der Waals surface area contributed by atoms with Crippen LogP contribution < -0.4 is 14.8 Å². The Hall–Kier alpha value is -2.66. The van der Waals surface area contributed by atoms with E-state index in [-0.39, 0.29) is 17.8 Å². The van der Waals surface area contributed by atoms with Crippen LogP contribution in [0.4, 0.5) is 5.13 Å². The van der Waals surface area contributed by atoms with Crippen LogP contribution in [-0.4, -0.2) is 43.7 Å². The average molecular weight is 449 g/mol. The Balaban J connectivity index is 1.57. The van der Waals surface area contributed by atoms with E-state index < -0.39 is 0 Å². The summed E-state index contributed by atoms with van der Waals surface area (Å²) in [4.78, 5) is 12.2. The lowest BCUT2D eigenvalue weighted by Crippen LogP contribution is -2.14. The first-order valence-electron chi connectivity index (χ1n) is 9.45. The first-order chi connectivity index (χ1) is 14.5. The monoisotopic (exact) mass is 448 g/mol. The number of amides is 1. The molecule has 0 saturated carbocycles. The summed E-state index contributed by atoms with van der Waals surface area (Å²) in [6.45, 7) is 3.97. The molecule has 1 aromatic carbocycles. The van der Waals surface area contributed by atoms with E-state index in [0.29, 0.717) is 27.6 Å². The number of aromatic nitrogens is 5.